The van der Waals surface area contributed by atoms with E-state index in [0.29, 0.717) is 26.5 Å². The Morgan fingerprint density at radius 3 is 2.58 bits per heavy atom. The first-order chi connectivity index (χ1) is 11.5. The summed E-state index contributed by atoms with van der Waals surface area (Å²) in [5, 5.41) is 15.2. The van der Waals surface area contributed by atoms with E-state index in [1.54, 1.807) is 48.7 Å². The van der Waals surface area contributed by atoms with Gasteiger partial charge >= 0.3 is 0 Å². The number of aromatic nitrogens is 1. The lowest BCUT2D eigenvalue weighted by Crippen LogP contribution is -2.27. The van der Waals surface area contributed by atoms with Gasteiger partial charge in [0.15, 0.2) is 0 Å². The number of nitrogens with one attached hydrogen (secondary N) is 1. The standard InChI is InChI=1S/C18H14Cl2N2O2/c1-10(23)22-16(11-4-6-12(19)7-5-11)14-9-15(20)13-3-2-8-21-17(13)18(14)24/h2-9,16,24H,1H3,(H,22,23). The number of carbonyl (C=O) groups is 1. The molecule has 0 bridgehead atoms. The molecule has 122 valence electrons. The van der Waals surface area contributed by atoms with Crippen LogP contribution < -0.4 is 5.32 Å². The number of halogens is 2. The Morgan fingerprint density at radius 1 is 1.21 bits per heavy atom. The zero-order valence-corrected chi connectivity index (χ0v) is 14.3. The number of fused-ring (bicyclic) bond motifs is 1. The molecule has 0 fully saturated rings. The third-order valence-corrected chi connectivity index (χ3v) is 4.27. The molecule has 0 spiro atoms. The predicted molar refractivity (Wildman–Crippen MR) is 95.5 cm³/mol. The average molecular weight is 361 g/mol. The SMILES string of the molecule is CC(=O)NC(c1ccc(Cl)cc1)c1cc(Cl)c2cccnc2c1O. The molecule has 6 heteroatoms. The molecular weight excluding hydrogens is 347 g/mol. The van der Waals surface area contributed by atoms with Crippen molar-refractivity contribution >= 4 is 40.0 Å². The highest BCUT2D eigenvalue weighted by Crippen LogP contribution is 2.38. The Labute approximate surface area is 149 Å². The summed E-state index contributed by atoms with van der Waals surface area (Å²) < 4.78 is 0. The first-order valence-electron chi connectivity index (χ1n) is 7.26. The molecule has 1 unspecified atom stereocenters. The van der Waals surface area contributed by atoms with E-state index in [1.165, 1.54) is 6.92 Å². The van der Waals surface area contributed by atoms with Crippen molar-refractivity contribution in [3.05, 3.63) is 69.8 Å². The highest BCUT2D eigenvalue weighted by atomic mass is 35.5. The number of phenols is 1. The predicted octanol–water partition coefficient (Wildman–Crippen LogP) is 4.47. The summed E-state index contributed by atoms with van der Waals surface area (Å²) in [4.78, 5) is 15.9. The van der Waals surface area contributed by atoms with Crippen LogP contribution in [0.25, 0.3) is 10.9 Å². The molecule has 2 N–H and O–H groups in total. The van der Waals surface area contributed by atoms with E-state index in [9.17, 15) is 9.90 Å². The highest BCUT2D eigenvalue weighted by Gasteiger charge is 2.22. The first-order valence-corrected chi connectivity index (χ1v) is 8.01. The van der Waals surface area contributed by atoms with Crippen LogP contribution in [-0.2, 0) is 4.79 Å². The largest absolute Gasteiger partial charge is 0.505 e. The van der Waals surface area contributed by atoms with Gasteiger partial charge in [0, 0.05) is 29.1 Å². The third-order valence-electron chi connectivity index (χ3n) is 3.71. The van der Waals surface area contributed by atoms with Crippen LogP contribution in [0.4, 0.5) is 0 Å². The van der Waals surface area contributed by atoms with Gasteiger partial charge in [-0.2, -0.15) is 0 Å². The fourth-order valence-corrected chi connectivity index (χ4v) is 3.02. The summed E-state index contributed by atoms with van der Waals surface area (Å²) in [7, 11) is 0. The van der Waals surface area contributed by atoms with Gasteiger partial charge in [-0.15, -0.1) is 0 Å². The molecule has 1 aromatic heterocycles. The number of nitrogens with zero attached hydrogens (tertiary/aromatic N) is 1. The minimum atomic E-state index is -0.566. The van der Waals surface area contributed by atoms with Crippen molar-refractivity contribution < 1.29 is 9.90 Å². The Kier molecular flexibility index (Phi) is 4.60. The monoisotopic (exact) mass is 360 g/mol. The molecule has 0 saturated carbocycles. The van der Waals surface area contributed by atoms with Crippen molar-refractivity contribution in [1.82, 2.24) is 10.3 Å². The smallest absolute Gasteiger partial charge is 0.217 e. The van der Waals surface area contributed by atoms with E-state index in [0.717, 1.165) is 5.56 Å². The molecule has 1 amide bonds. The van der Waals surface area contributed by atoms with Gasteiger partial charge in [0.2, 0.25) is 5.91 Å². The molecule has 2 aromatic carbocycles. The molecule has 0 aliphatic carbocycles. The summed E-state index contributed by atoms with van der Waals surface area (Å²) >= 11 is 12.3. The molecule has 0 aliphatic rings. The van der Waals surface area contributed by atoms with Gasteiger partial charge in [0.25, 0.3) is 0 Å². The minimum Gasteiger partial charge on any atom is -0.505 e. The van der Waals surface area contributed by atoms with Crippen LogP contribution in [0.15, 0.2) is 48.7 Å². The lowest BCUT2D eigenvalue weighted by atomic mass is 9.96. The summed E-state index contributed by atoms with van der Waals surface area (Å²) in [5.74, 6) is -0.240. The topological polar surface area (TPSA) is 62.2 Å². The van der Waals surface area contributed by atoms with Crippen LogP contribution in [0.2, 0.25) is 10.0 Å². The van der Waals surface area contributed by atoms with Crippen LogP contribution in [0.5, 0.6) is 5.75 Å². The van der Waals surface area contributed by atoms with Gasteiger partial charge in [0.1, 0.15) is 11.3 Å². The van der Waals surface area contributed by atoms with Gasteiger partial charge in [-0.25, -0.2) is 0 Å². The van der Waals surface area contributed by atoms with E-state index in [4.69, 9.17) is 23.2 Å². The fraction of sp³-hybridized carbons (Fsp3) is 0.111. The molecule has 4 nitrogen and oxygen atoms in total. The van der Waals surface area contributed by atoms with Crippen molar-refractivity contribution in [3.63, 3.8) is 0 Å². The quantitative estimate of drug-likeness (QED) is 0.723. The van der Waals surface area contributed by atoms with E-state index in [1.807, 2.05) is 0 Å². The molecular formula is C18H14Cl2N2O2. The van der Waals surface area contributed by atoms with Gasteiger partial charge < -0.3 is 10.4 Å². The van der Waals surface area contributed by atoms with Crippen molar-refractivity contribution in [3.8, 4) is 5.75 Å². The second kappa shape index (κ2) is 6.67. The maximum Gasteiger partial charge on any atom is 0.217 e. The van der Waals surface area contributed by atoms with Crippen molar-refractivity contribution in [2.24, 2.45) is 0 Å². The van der Waals surface area contributed by atoms with Gasteiger partial charge in [-0.1, -0.05) is 35.3 Å². The number of aromatic hydroxyl groups is 1. The summed E-state index contributed by atoms with van der Waals surface area (Å²) in [6.45, 7) is 1.42. The molecule has 24 heavy (non-hydrogen) atoms. The van der Waals surface area contributed by atoms with E-state index in [2.05, 4.69) is 10.3 Å². The Bertz CT molecular complexity index is 911. The van der Waals surface area contributed by atoms with Crippen LogP contribution in [0, 0.1) is 0 Å². The molecule has 0 radical (unpaired) electrons. The maximum atomic E-state index is 11.7. The zero-order valence-electron chi connectivity index (χ0n) is 12.8. The second-order valence-electron chi connectivity index (χ2n) is 5.38. The number of phenolic OH excluding ortho intramolecular Hbond substituents is 1. The van der Waals surface area contributed by atoms with Crippen LogP contribution in [-0.4, -0.2) is 16.0 Å². The van der Waals surface area contributed by atoms with Crippen molar-refractivity contribution in [2.75, 3.05) is 0 Å². The summed E-state index contributed by atoms with van der Waals surface area (Å²) in [6.07, 6.45) is 1.58. The van der Waals surface area contributed by atoms with E-state index in [-0.39, 0.29) is 11.7 Å². The zero-order chi connectivity index (χ0) is 17.3. The van der Waals surface area contributed by atoms with Crippen LogP contribution in [0.1, 0.15) is 24.1 Å². The molecule has 3 rings (SSSR count). The second-order valence-corrected chi connectivity index (χ2v) is 6.22. The Hall–Kier alpha value is -2.30. The van der Waals surface area contributed by atoms with Gasteiger partial charge in [-0.05, 0) is 35.9 Å². The number of amides is 1. The number of pyridine rings is 1. The number of benzene rings is 2. The van der Waals surface area contributed by atoms with Crippen LogP contribution >= 0.6 is 23.2 Å². The van der Waals surface area contributed by atoms with Gasteiger partial charge in [-0.3, -0.25) is 9.78 Å². The number of rotatable bonds is 3. The molecule has 0 aliphatic heterocycles. The average Bonchev–Trinajstić information content (AvgIpc) is 2.57. The maximum absolute atomic E-state index is 11.7. The van der Waals surface area contributed by atoms with E-state index >= 15 is 0 Å². The molecule has 3 aromatic rings. The molecule has 1 atom stereocenters. The van der Waals surface area contributed by atoms with E-state index < -0.39 is 6.04 Å². The Morgan fingerprint density at radius 2 is 1.92 bits per heavy atom. The summed E-state index contributed by atoms with van der Waals surface area (Å²) in [5.41, 5.74) is 1.64. The number of hydrogen-bond acceptors (Lipinski definition) is 3. The lowest BCUT2D eigenvalue weighted by Gasteiger charge is -2.21. The number of carbonyl (C=O) groups excluding carboxylic acids is 1. The molecule has 0 saturated heterocycles. The highest BCUT2D eigenvalue weighted by molar-refractivity contribution is 6.35. The fourth-order valence-electron chi connectivity index (χ4n) is 2.63. The van der Waals surface area contributed by atoms with Gasteiger partial charge in [0.05, 0.1) is 11.1 Å². The first kappa shape index (κ1) is 16.6. The van der Waals surface area contributed by atoms with Crippen LogP contribution in [0.3, 0.4) is 0 Å². The third kappa shape index (κ3) is 3.16. The minimum absolute atomic E-state index is 0.0105. The normalized spacial score (nSPS) is 12.1. The lowest BCUT2D eigenvalue weighted by molar-refractivity contribution is -0.119. The number of hydrogen-bond donors (Lipinski definition) is 2. The molecule has 1 heterocycles. The Balaban J connectivity index is 2.21. The van der Waals surface area contributed by atoms with Crippen molar-refractivity contribution in [2.45, 2.75) is 13.0 Å². The van der Waals surface area contributed by atoms with Crippen molar-refractivity contribution in [1.29, 1.82) is 0 Å². The summed E-state index contributed by atoms with van der Waals surface area (Å²) in [6, 6.07) is 11.6.